The van der Waals surface area contributed by atoms with Crippen molar-refractivity contribution >= 4 is 15.8 Å². The van der Waals surface area contributed by atoms with Crippen molar-refractivity contribution < 1.29 is 22.7 Å². The summed E-state index contributed by atoms with van der Waals surface area (Å²) in [5, 5.41) is 0. The van der Waals surface area contributed by atoms with Crippen LogP contribution in [0, 0.1) is 5.41 Å². The molecule has 100 valence electrons. The van der Waals surface area contributed by atoms with Gasteiger partial charge >= 0.3 is 5.97 Å². The first-order valence-electron chi connectivity index (χ1n) is 5.69. The van der Waals surface area contributed by atoms with E-state index in [0.717, 1.165) is 12.8 Å². The highest BCUT2D eigenvalue weighted by Gasteiger charge is 2.47. The molecule has 0 aromatic heterocycles. The van der Waals surface area contributed by atoms with Crippen LogP contribution in [0.5, 0.6) is 0 Å². The summed E-state index contributed by atoms with van der Waals surface area (Å²) in [6, 6.07) is 0. The first-order valence-corrected chi connectivity index (χ1v) is 7.51. The molecule has 0 atom stereocenters. The van der Waals surface area contributed by atoms with E-state index in [2.05, 4.69) is 4.74 Å². The lowest BCUT2D eigenvalue weighted by molar-refractivity contribution is -0.141. The molecule has 1 saturated carbocycles. The number of carbonyl (C=O) groups excluding carboxylic acids is 1. The van der Waals surface area contributed by atoms with Crippen molar-refractivity contribution in [2.75, 3.05) is 32.3 Å². The van der Waals surface area contributed by atoms with Crippen LogP contribution >= 0.6 is 0 Å². The second-order valence-corrected chi connectivity index (χ2v) is 6.88. The number of hydrogen-bond acceptors (Lipinski definition) is 5. The quantitative estimate of drug-likeness (QED) is 0.478. The van der Waals surface area contributed by atoms with Gasteiger partial charge in [0.15, 0.2) is 9.84 Å². The Hall–Kier alpha value is -0.620. The first kappa shape index (κ1) is 14.4. The van der Waals surface area contributed by atoms with Gasteiger partial charge in [-0.3, -0.25) is 4.79 Å². The molecule has 1 aliphatic rings. The van der Waals surface area contributed by atoms with E-state index >= 15 is 0 Å². The molecule has 0 aromatic rings. The molecule has 1 fully saturated rings. The maximum Gasteiger partial charge on any atom is 0.306 e. The van der Waals surface area contributed by atoms with Gasteiger partial charge in [-0.2, -0.15) is 0 Å². The Morgan fingerprint density at radius 3 is 2.41 bits per heavy atom. The molecule has 0 bridgehead atoms. The topological polar surface area (TPSA) is 69.7 Å². The van der Waals surface area contributed by atoms with Gasteiger partial charge in [0.25, 0.3) is 0 Å². The Bertz CT molecular complexity index is 356. The average Bonchev–Trinajstić information content (AvgIpc) is 2.96. The van der Waals surface area contributed by atoms with Crippen LogP contribution in [0.15, 0.2) is 0 Å². The largest absolute Gasteiger partial charge is 0.469 e. The van der Waals surface area contributed by atoms with Gasteiger partial charge in [-0.1, -0.05) is 0 Å². The normalized spacial score (nSPS) is 17.8. The zero-order valence-electron chi connectivity index (χ0n) is 10.4. The summed E-state index contributed by atoms with van der Waals surface area (Å²) in [5.41, 5.74) is -0.348. The van der Waals surface area contributed by atoms with Crippen molar-refractivity contribution in [3.05, 3.63) is 0 Å². The SMILES string of the molecule is COCCCS(=O)(=O)CC1(CC(=O)OC)CC1. The number of carbonyl (C=O) groups is 1. The van der Waals surface area contributed by atoms with Crippen molar-refractivity contribution in [3.8, 4) is 0 Å². The lowest BCUT2D eigenvalue weighted by atomic mass is 10.1. The third-order valence-corrected chi connectivity index (χ3v) is 5.00. The van der Waals surface area contributed by atoms with Gasteiger partial charge in [0.2, 0.25) is 0 Å². The summed E-state index contributed by atoms with van der Waals surface area (Å²) >= 11 is 0. The van der Waals surface area contributed by atoms with Crippen molar-refractivity contribution in [2.45, 2.75) is 25.7 Å². The number of esters is 1. The lowest BCUT2D eigenvalue weighted by Gasteiger charge is -2.13. The molecule has 1 aliphatic carbocycles. The molecule has 0 radical (unpaired) electrons. The molecule has 0 aromatic carbocycles. The summed E-state index contributed by atoms with van der Waals surface area (Å²) in [4.78, 5) is 11.2. The molecular formula is C11H20O5S. The monoisotopic (exact) mass is 264 g/mol. The smallest absolute Gasteiger partial charge is 0.306 e. The zero-order valence-corrected chi connectivity index (χ0v) is 11.2. The van der Waals surface area contributed by atoms with E-state index in [1.165, 1.54) is 7.11 Å². The van der Waals surface area contributed by atoms with Gasteiger partial charge in [-0.25, -0.2) is 8.42 Å². The second-order valence-electron chi connectivity index (χ2n) is 4.69. The van der Waals surface area contributed by atoms with E-state index in [1.54, 1.807) is 7.11 Å². The second kappa shape index (κ2) is 5.82. The Kier molecular flexibility index (Phi) is 4.94. The Morgan fingerprint density at radius 2 is 1.94 bits per heavy atom. The van der Waals surface area contributed by atoms with E-state index in [1.807, 2.05) is 0 Å². The summed E-state index contributed by atoms with van der Waals surface area (Å²) in [7, 11) is -0.218. The van der Waals surface area contributed by atoms with Crippen molar-refractivity contribution in [2.24, 2.45) is 5.41 Å². The Balaban J connectivity index is 2.44. The van der Waals surface area contributed by atoms with E-state index in [-0.39, 0.29) is 29.3 Å². The van der Waals surface area contributed by atoms with Crippen LogP contribution < -0.4 is 0 Å². The molecule has 6 heteroatoms. The summed E-state index contributed by atoms with van der Waals surface area (Å²) in [5.74, 6) is -0.0997. The summed E-state index contributed by atoms with van der Waals surface area (Å²) in [6.45, 7) is 0.448. The predicted molar refractivity (Wildman–Crippen MR) is 63.4 cm³/mol. The maximum atomic E-state index is 11.8. The minimum atomic E-state index is -3.09. The Labute approximate surface area is 102 Å². The first-order chi connectivity index (χ1) is 7.93. The van der Waals surface area contributed by atoms with Gasteiger partial charge in [-0.15, -0.1) is 0 Å². The van der Waals surface area contributed by atoms with Crippen LogP contribution in [-0.4, -0.2) is 46.7 Å². The van der Waals surface area contributed by atoms with Crippen LogP contribution in [0.2, 0.25) is 0 Å². The van der Waals surface area contributed by atoms with Crippen molar-refractivity contribution in [3.63, 3.8) is 0 Å². The Morgan fingerprint density at radius 1 is 1.29 bits per heavy atom. The molecule has 0 amide bonds. The van der Waals surface area contributed by atoms with Gasteiger partial charge in [0.1, 0.15) is 0 Å². The minimum Gasteiger partial charge on any atom is -0.469 e. The van der Waals surface area contributed by atoms with E-state index in [0.29, 0.717) is 13.0 Å². The molecule has 0 N–H and O–H groups in total. The minimum absolute atomic E-state index is 0.0960. The molecule has 0 unspecified atom stereocenters. The van der Waals surface area contributed by atoms with Gasteiger partial charge in [0.05, 0.1) is 25.0 Å². The van der Waals surface area contributed by atoms with Gasteiger partial charge < -0.3 is 9.47 Å². The lowest BCUT2D eigenvalue weighted by Crippen LogP contribution is -2.23. The summed E-state index contributed by atoms with van der Waals surface area (Å²) in [6.07, 6.45) is 2.32. The van der Waals surface area contributed by atoms with Crippen molar-refractivity contribution in [1.82, 2.24) is 0 Å². The number of rotatable bonds is 8. The maximum absolute atomic E-state index is 11.8. The van der Waals surface area contributed by atoms with Crippen LogP contribution in [0.1, 0.15) is 25.7 Å². The standard InChI is InChI=1S/C11H20O5S/c1-15-6-3-7-17(13,14)9-11(4-5-11)8-10(12)16-2/h3-9H2,1-2H3. The van der Waals surface area contributed by atoms with E-state index in [9.17, 15) is 13.2 Å². The molecule has 0 saturated heterocycles. The van der Waals surface area contributed by atoms with Crippen LogP contribution in [0.3, 0.4) is 0 Å². The molecule has 0 aliphatic heterocycles. The van der Waals surface area contributed by atoms with Gasteiger partial charge in [-0.05, 0) is 24.7 Å². The zero-order chi connectivity index (χ0) is 12.9. The highest BCUT2D eigenvalue weighted by Crippen LogP contribution is 2.50. The number of hydrogen-bond donors (Lipinski definition) is 0. The molecule has 0 spiro atoms. The van der Waals surface area contributed by atoms with Crippen LogP contribution in [0.25, 0.3) is 0 Å². The highest BCUT2D eigenvalue weighted by atomic mass is 32.2. The summed E-state index contributed by atoms with van der Waals surface area (Å²) < 4.78 is 33.1. The third kappa shape index (κ3) is 5.04. The van der Waals surface area contributed by atoms with Gasteiger partial charge in [0, 0.05) is 13.7 Å². The highest BCUT2D eigenvalue weighted by molar-refractivity contribution is 7.91. The van der Waals surface area contributed by atoms with Crippen LogP contribution in [0.4, 0.5) is 0 Å². The fraction of sp³-hybridized carbons (Fsp3) is 0.909. The molecule has 5 nitrogen and oxygen atoms in total. The fourth-order valence-electron chi connectivity index (χ4n) is 1.89. The number of sulfone groups is 1. The third-order valence-electron chi connectivity index (χ3n) is 3.03. The number of ether oxygens (including phenoxy) is 2. The van der Waals surface area contributed by atoms with E-state index in [4.69, 9.17) is 4.74 Å². The number of methoxy groups -OCH3 is 2. The molecule has 17 heavy (non-hydrogen) atoms. The molecule has 0 heterocycles. The fourth-order valence-corrected chi connectivity index (χ4v) is 3.91. The van der Waals surface area contributed by atoms with E-state index < -0.39 is 9.84 Å². The van der Waals surface area contributed by atoms with Crippen molar-refractivity contribution in [1.29, 1.82) is 0 Å². The van der Waals surface area contributed by atoms with Crippen LogP contribution in [-0.2, 0) is 24.1 Å². The molecular weight excluding hydrogens is 244 g/mol. The average molecular weight is 264 g/mol. The molecule has 1 rings (SSSR count). The predicted octanol–water partition coefficient (Wildman–Crippen LogP) is 0.781.